The van der Waals surface area contributed by atoms with E-state index in [1.165, 1.54) is 17.6 Å². The van der Waals surface area contributed by atoms with E-state index in [-0.39, 0.29) is 11.9 Å². The molecule has 0 bridgehead atoms. The minimum Gasteiger partial charge on any atom is -0.469 e. The maximum atomic E-state index is 11.3. The molecular formula is C12H16O2S. The van der Waals surface area contributed by atoms with Crippen LogP contribution < -0.4 is 0 Å². The van der Waals surface area contributed by atoms with Gasteiger partial charge in [-0.05, 0) is 24.3 Å². The van der Waals surface area contributed by atoms with E-state index in [4.69, 9.17) is 4.74 Å². The van der Waals surface area contributed by atoms with Crippen LogP contribution in [0, 0.1) is 5.92 Å². The topological polar surface area (TPSA) is 26.3 Å². The Morgan fingerprint density at radius 1 is 1.47 bits per heavy atom. The van der Waals surface area contributed by atoms with E-state index in [0.29, 0.717) is 0 Å². The average molecular weight is 224 g/mol. The Balaban J connectivity index is 2.75. The minimum atomic E-state index is -0.147. The third kappa shape index (κ3) is 3.27. The Morgan fingerprint density at radius 2 is 2.13 bits per heavy atom. The number of hydrogen-bond acceptors (Lipinski definition) is 3. The van der Waals surface area contributed by atoms with Gasteiger partial charge in [-0.3, -0.25) is 4.79 Å². The van der Waals surface area contributed by atoms with E-state index >= 15 is 0 Å². The molecule has 1 rings (SSSR count). The van der Waals surface area contributed by atoms with Gasteiger partial charge in [0.25, 0.3) is 0 Å². The number of esters is 1. The van der Waals surface area contributed by atoms with Gasteiger partial charge >= 0.3 is 5.97 Å². The molecule has 3 heteroatoms. The third-order valence-corrected chi connectivity index (χ3v) is 3.16. The fraction of sp³-hybridized carbons (Fsp3) is 0.417. The highest BCUT2D eigenvalue weighted by atomic mass is 32.2. The van der Waals surface area contributed by atoms with Crippen LogP contribution >= 0.6 is 11.8 Å². The van der Waals surface area contributed by atoms with Gasteiger partial charge < -0.3 is 4.74 Å². The first-order chi connectivity index (χ1) is 7.19. The molecule has 1 unspecified atom stereocenters. The standard InChI is InChI=1S/C12H16O2S/c1-9(12(13)14-2)8-10-6-4-5-7-11(10)15-3/h4-7,9H,8H2,1-3H3. The number of hydrogen-bond donors (Lipinski definition) is 0. The minimum absolute atomic E-state index is 0.0803. The van der Waals surface area contributed by atoms with Gasteiger partial charge in [0, 0.05) is 4.90 Å². The number of thioether (sulfide) groups is 1. The summed E-state index contributed by atoms with van der Waals surface area (Å²) in [6.45, 7) is 1.89. The van der Waals surface area contributed by atoms with E-state index in [0.717, 1.165) is 6.42 Å². The van der Waals surface area contributed by atoms with Crippen molar-refractivity contribution in [1.82, 2.24) is 0 Å². The van der Waals surface area contributed by atoms with E-state index in [1.54, 1.807) is 11.8 Å². The second-order valence-electron chi connectivity index (χ2n) is 3.44. The Bertz CT molecular complexity index is 336. The van der Waals surface area contributed by atoms with Crippen LogP contribution in [-0.2, 0) is 16.0 Å². The molecule has 82 valence electrons. The van der Waals surface area contributed by atoms with Gasteiger partial charge in [-0.25, -0.2) is 0 Å². The first-order valence-corrected chi connectivity index (χ1v) is 6.11. The molecule has 0 aliphatic heterocycles. The van der Waals surface area contributed by atoms with Crippen molar-refractivity contribution in [3.8, 4) is 0 Å². The molecule has 0 aliphatic carbocycles. The lowest BCUT2D eigenvalue weighted by Crippen LogP contribution is -2.15. The average Bonchev–Trinajstić information content (AvgIpc) is 2.28. The van der Waals surface area contributed by atoms with E-state index in [2.05, 4.69) is 12.1 Å². The lowest BCUT2D eigenvalue weighted by atomic mass is 10.0. The van der Waals surface area contributed by atoms with Crippen molar-refractivity contribution in [3.05, 3.63) is 29.8 Å². The quantitative estimate of drug-likeness (QED) is 0.581. The highest BCUT2D eigenvalue weighted by molar-refractivity contribution is 7.98. The van der Waals surface area contributed by atoms with Crippen molar-refractivity contribution < 1.29 is 9.53 Å². The lowest BCUT2D eigenvalue weighted by Gasteiger charge is -2.11. The van der Waals surface area contributed by atoms with Crippen molar-refractivity contribution in [2.75, 3.05) is 13.4 Å². The molecule has 0 amide bonds. The predicted molar refractivity (Wildman–Crippen MR) is 63.1 cm³/mol. The fourth-order valence-corrected chi connectivity index (χ4v) is 2.11. The molecule has 1 atom stereocenters. The Labute approximate surface area is 95.0 Å². The number of carbonyl (C=O) groups excluding carboxylic acids is 1. The number of rotatable bonds is 4. The van der Waals surface area contributed by atoms with Crippen molar-refractivity contribution in [2.24, 2.45) is 5.92 Å². The summed E-state index contributed by atoms with van der Waals surface area (Å²) in [6, 6.07) is 8.15. The SMILES string of the molecule is COC(=O)C(C)Cc1ccccc1SC. The number of methoxy groups -OCH3 is 1. The van der Waals surface area contributed by atoms with Gasteiger partial charge in [0.2, 0.25) is 0 Å². The van der Waals surface area contributed by atoms with Crippen LogP contribution in [0.15, 0.2) is 29.2 Å². The molecule has 1 aromatic carbocycles. The van der Waals surface area contributed by atoms with Crippen LogP contribution in [0.2, 0.25) is 0 Å². The zero-order valence-electron chi connectivity index (χ0n) is 9.32. The molecule has 15 heavy (non-hydrogen) atoms. The zero-order chi connectivity index (χ0) is 11.3. The lowest BCUT2D eigenvalue weighted by molar-refractivity contribution is -0.144. The summed E-state index contributed by atoms with van der Waals surface area (Å²) in [4.78, 5) is 12.5. The van der Waals surface area contributed by atoms with Crippen LogP contribution in [-0.4, -0.2) is 19.3 Å². The summed E-state index contributed by atoms with van der Waals surface area (Å²) in [5.41, 5.74) is 1.21. The molecule has 1 aromatic rings. The van der Waals surface area contributed by atoms with Crippen molar-refractivity contribution in [1.29, 1.82) is 0 Å². The van der Waals surface area contributed by atoms with Gasteiger partial charge in [0.05, 0.1) is 13.0 Å². The van der Waals surface area contributed by atoms with E-state index in [9.17, 15) is 4.79 Å². The summed E-state index contributed by atoms with van der Waals surface area (Å²) >= 11 is 1.70. The molecule has 0 heterocycles. The zero-order valence-corrected chi connectivity index (χ0v) is 10.1. The molecule has 0 saturated carbocycles. The van der Waals surface area contributed by atoms with Gasteiger partial charge in [-0.1, -0.05) is 25.1 Å². The summed E-state index contributed by atoms with van der Waals surface area (Å²) < 4.78 is 4.71. The number of carbonyl (C=O) groups is 1. The molecular weight excluding hydrogens is 208 g/mol. The molecule has 0 spiro atoms. The highest BCUT2D eigenvalue weighted by Crippen LogP contribution is 2.22. The van der Waals surface area contributed by atoms with Crippen molar-refractivity contribution >= 4 is 17.7 Å². The van der Waals surface area contributed by atoms with Gasteiger partial charge in [0.1, 0.15) is 0 Å². The van der Waals surface area contributed by atoms with Crippen LogP contribution in [0.3, 0.4) is 0 Å². The molecule has 0 radical (unpaired) electrons. The maximum Gasteiger partial charge on any atom is 0.308 e. The summed E-state index contributed by atoms with van der Waals surface area (Å²) in [5, 5.41) is 0. The largest absolute Gasteiger partial charge is 0.469 e. The second-order valence-corrected chi connectivity index (χ2v) is 4.29. The van der Waals surface area contributed by atoms with Crippen molar-refractivity contribution in [2.45, 2.75) is 18.2 Å². The van der Waals surface area contributed by atoms with Crippen molar-refractivity contribution in [3.63, 3.8) is 0 Å². The number of ether oxygens (including phenoxy) is 1. The normalized spacial score (nSPS) is 12.2. The highest BCUT2D eigenvalue weighted by Gasteiger charge is 2.14. The van der Waals surface area contributed by atoms with Gasteiger partial charge in [-0.15, -0.1) is 11.8 Å². The van der Waals surface area contributed by atoms with E-state index in [1.807, 2.05) is 25.3 Å². The summed E-state index contributed by atoms with van der Waals surface area (Å²) in [6.07, 6.45) is 2.78. The molecule has 0 aliphatic rings. The predicted octanol–water partition coefficient (Wildman–Crippen LogP) is 2.76. The molecule has 0 N–H and O–H groups in total. The van der Waals surface area contributed by atoms with Crippen LogP contribution in [0.1, 0.15) is 12.5 Å². The Hall–Kier alpha value is -0.960. The van der Waals surface area contributed by atoms with Crippen LogP contribution in [0.4, 0.5) is 0 Å². The molecule has 0 fully saturated rings. The summed E-state index contributed by atoms with van der Waals surface area (Å²) in [7, 11) is 1.43. The first kappa shape index (κ1) is 12.1. The Morgan fingerprint density at radius 3 is 2.73 bits per heavy atom. The fourth-order valence-electron chi connectivity index (χ4n) is 1.49. The summed E-state index contributed by atoms with van der Waals surface area (Å²) in [5.74, 6) is -0.228. The Kier molecular flexibility index (Phi) is 4.69. The van der Waals surface area contributed by atoms with Crippen LogP contribution in [0.5, 0.6) is 0 Å². The second kappa shape index (κ2) is 5.81. The first-order valence-electron chi connectivity index (χ1n) is 4.88. The van der Waals surface area contributed by atoms with Gasteiger partial charge in [0.15, 0.2) is 0 Å². The van der Waals surface area contributed by atoms with Gasteiger partial charge in [-0.2, -0.15) is 0 Å². The molecule has 0 saturated heterocycles. The monoisotopic (exact) mass is 224 g/mol. The van der Waals surface area contributed by atoms with E-state index < -0.39 is 0 Å². The molecule has 2 nitrogen and oxygen atoms in total. The third-order valence-electron chi connectivity index (χ3n) is 2.32. The molecule has 0 aromatic heterocycles. The number of benzene rings is 1. The smallest absolute Gasteiger partial charge is 0.308 e. The van der Waals surface area contributed by atoms with Crippen LogP contribution in [0.25, 0.3) is 0 Å². The maximum absolute atomic E-state index is 11.3.